The van der Waals surface area contributed by atoms with Gasteiger partial charge in [-0.25, -0.2) is 9.97 Å². The van der Waals surface area contributed by atoms with Gasteiger partial charge in [-0.3, -0.25) is 0 Å². The molecule has 0 saturated carbocycles. The molecule has 0 aliphatic carbocycles. The molecule has 1 N–H and O–H groups in total. The second kappa shape index (κ2) is 6.18. The first-order chi connectivity index (χ1) is 10.2. The van der Waals surface area contributed by atoms with E-state index < -0.39 is 0 Å². The third-order valence-electron chi connectivity index (χ3n) is 3.13. The predicted molar refractivity (Wildman–Crippen MR) is 80.9 cm³/mol. The lowest BCUT2D eigenvalue weighted by Gasteiger charge is -2.08. The van der Waals surface area contributed by atoms with Gasteiger partial charge in [-0.05, 0) is 24.1 Å². The van der Waals surface area contributed by atoms with Gasteiger partial charge in [-0.1, -0.05) is 24.6 Å². The number of nitrogens with zero attached hydrogens (tertiary/aromatic N) is 2. The summed E-state index contributed by atoms with van der Waals surface area (Å²) in [6, 6.07) is 7.60. The highest BCUT2D eigenvalue weighted by molar-refractivity contribution is 6.29. The third kappa shape index (κ3) is 3.36. The van der Waals surface area contributed by atoms with Gasteiger partial charge in [-0.15, -0.1) is 0 Å². The van der Waals surface area contributed by atoms with Crippen LogP contribution in [0.2, 0.25) is 5.15 Å². The van der Waals surface area contributed by atoms with Gasteiger partial charge in [0, 0.05) is 19.0 Å². The maximum atomic E-state index is 6.02. The Morgan fingerprint density at radius 1 is 1.19 bits per heavy atom. The number of fused-ring (bicyclic) bond motifs is 1. The third-order valence-corrected chi connectivity index (χ3v) is 3.32. The lowest BCUT2D eigenvalue weighted by atomic mass is 10.2. The van der Waals surface area contributed by atoms with Crippen LogP contribution in [-0.2, 0) is 13.0 Å². The fourth-order valence-corrected chi connectivity index (χ4v) is 2.34. The number of aromatic nitrogens is 2. The molecule has 0 atom stereocenters. The molecule has 0 radical (unpaired) electrons. The highest BCUT2D eigenvalue weighted by Gasteiger charge is 2.13. The van der Waals surface area contributed by atoms with E-state index in [1.165, 1.54) is 0 Å². The molecule has 0 unspecified atom stereocenters. The number of ether oxygens (including phenoxy) is 2. The maximum absolute atomic E-state index is 6.02. The summed E-state index contributed by atoms with van der Waals surface area (Å²) in [6.45, 7) is 3.01. The number of rotatable bonds is 5. The van der Waals surface area contributed by atoms with Gasteiger partial charge in [0.1, 0.15) is 16.8 Å². The Hall–Kier alpha value is -2.01. The molecule has 1 aromatic carbocycles. The molecule has 0 fully saturated rings. The first-order valence-electron chi connectivity index (χ1n) is 6.90. The molecule has 0 bridgehead atoms. The van der Waals surface area contributed by atoms with Crippen LogP contribution in [0.4, 0.5) is 5.82 Å². The summed E-state index contributed by atoms with van der Waals surface area (Å²) >= 11 is 6.02. The van der Waals surface area contributed by atoms with Gasteiger partial charge in [0.25, 0.3) is 0 Å². The lowest BCUT2D eigenvalue weighted by molar-refractivity contribution is 0.174. The minimum absolute atomic E-state index is 0.286. The predicted octanol–water partition coefficient (Wildman–Crippen LogP) is 3.42. The summed E-state index contributed by atoms with van der Waals surface area (Å²) in [4.78, 5) is 8.65. The van der Waals surface area contributed by atoms with Crippen LogP contribution in [0, 0.1) is 0 Å². The SMILES string of the molecule is CCCc1nc(Cl)cc(NCc2ccc3c(c2)OCO3)n1. The zero-order valence-corrected chi connectivity index (χ0v) is 12.5. The van der Waals surface area contributed by atoms with Gasteiger partial charge in [-0.2, -0.15) is 0 Å². The Balaban J connectivity index is 1.69. The number of benzene rings is 1. The number of hydrogen-bond acceptors (Lipinski definition) is 5. The highest BCUT2D eigenvalue weighted by Crippen LogP contribution is 2.32. The van der Waals surface area contributed by atoms with Crippen molar-refractivity contribution < 1.29 is 9.47 Å². The van der Waals surface area contributed by atoms with Gasteiger partial charge in [0.2, 0.25) is 6.79 Å². The molecule has 0 amide bonds. The topological polar surface area (TPSA) is 56.3 Å². The Kier molecular flexibility index (Phi) is 4.10. The molecular weight excluding hydrogens is 290 g/mol. The lowest BCUT2D eigenvalue weighted by Crippen LogP contribution is -2.04. The van der Waals surface area contributed by atoms with Gasteiger partial charge >= 0.3 is 0 Å². The molecular formula is C15H16ClN3O2. The standard InChI is InChI=1S/C15H16ClN3O2/c1-2-3-14-18-13(16)7-15(19-14)17-8-10-4-5-11-12(6-10)21-9-20-11/h4-7H,2-3,8-9H2,1H3,(H,17,18,19). The van der Waals surface area contributed by atoms with E-state index in [1.54, 1.807) is 6.07 Å². The molecule has 1 aliphatic rings. The summed E-state index contributed by atoms with van der Waals surface area (Å²) in [5, 5.41) is 3.72. The minimum Gasteiger partial charge on any atom is -0.454 e. The Labute approximate surface area is 128 Å². The van der Waals surface area contributed by atoms with Crippen molar-refractivity contribution >= 4 is 17.4 Å². The van der Waals surface area contributed by atoms with E-state index in [-0.39, 0.29) is 6.79 Å². The van der Waals surface area contributed by atoms with Crippen molar-refractivity contribution in [2.45, 2.75) is 26.3 Å². The molecule has 1 aliphatic heterocycles. The first kappa shape index (κ1) is 13.9. The summed E-state index contributed by atoms with van der Waals surface area (Å²) in [5.41, 5.74) is 1.09. The number of anilines is 1. The van der Waals surface area contributed by atoms with Crippen LogP contribution in [0.15, 0.2) is 24.3 Å². The highest BCUT2D eigenvalue weighted by atomic mass is 35.5. The van der Waals surface area contributed by atoms with Crippen LogP contribution < -0.4 is 14.8 Å². The molecule has 21 heavy (non-hydrogen) atoms. The molecule has 5 nitrogen and oxygen atoms in total. The normalized spacial score (nSPS) is 12.5. The molecule has 2 aromatic rings. The van der Waals surface area contributed by atoms with Crippen molar-refractivity contribution in [3.05, 3.63) is 40.8 Å². The van der Waals surface area contributed by atoms with Crippen molar-refractivity contribution in [2.24, 2.45) is 0 Å². The van der Waals surface area contributed by atoms with E-state index in [4.69, 9.17) is 21.1 Å². The van der Waals surface area contributed by atoms with Crippen LogP contribution >= 0.6 is 11.6 Å². The number of nitrogens with one attached hydrogen (secondary N) is 1. The van der Waals surface area contributed by atoms with Crippen LogP contribution in [0.5, 0.6) is 11.5 Å². The summed E-state index contributed by atoms with van der Waals surface area (Å²) in [6.07, 6.45) is 1.81. The minimum atomic E-state index is 0.286. The van der Waals surface area contributed by atoms with Crippen molar-refractivity contribution in [1.82, 2.24) is 9.97 Å². The molecule has 2 heterocycles. The van der Waals surface area contributed by atoms with E-state index in [0.29, 0.717) is 11.7 Å². The summed E-state index contributed by atoms with van der Waals surface area (Å²) in [7, 11) is 0. The molecule has 0 saturated heterocycles. The molecule has 6 heteroatoms. The molecule has 3 rings (SSSR count). The molecule has 0 spiro atoms. The van der Waals surface area contributed by atoms with E-state index in [2.05, 4.69) is 22.2 Å². The number of halogens is 1. The zero-order valence-electron chi connectivity index (χ0n) is 11.7. The van der Waals surface area contributed by atoms with Crippen molar-refractivity contribution in [2.75, 3.05) is 12.1 Å². The first-order valence-corrected chi connectivity index (χ1v) is 7.28. The van der Waals surface area contributed by atoms with Crippen molar-refractivity contribution in [3.63, 3.8) is 0 Å². The monoisotopic (exact) mass is 305 g/mol. The summed E-state index contributed by atoms with van der Waals surface area (Å²) < 4.78 is 10.7. The van der Waals surface area contributed by atoms with Gasteiger partial charge in [0.05, 0.1) is 0 Å². The van der Waals surface area contributed by atoms with Crippen molar-refractivity contribution in [1.29, 1.82) is 0 Å². The van der Waals surface area contributed by atoms with Gasteiger partial charge in [0.15, 0.2) is 11.5 Å². The number of aryl methyl sites for hydroxylation is 1. The second-order valence-electron chi connectivity index (χ2n) is 4.78. The van der Waals surface area contributed by atoms with E-state index in [1.807, 2.05) is 18.2 Å². The average molecular weight is 306 g/mol. The van der Waals surface area contributed by atoms with Crippen LogP contribution in [0.25, 0.3) is 0 Å². The zero-order chi connectivity index (χ0) is 14.7. The Morgan fingerprint density at radius 2 is 2.05 bits per heavy atom. The smallest absolute Gasteiger partial charge is 0.231 e. The average Bonchev–Trinajstić information content (AvgIpc) is 2.92. The second-order valence-corrected chi connectivity index (χ2v) is 5.17. The maximum Gasteiger partial charge on any atom is 0.231 e. The van der Waals surface area contributed by atoms with Crippen molar-refractivity contribution in [3.8, 4) is 11.5 Å². The van der Waals surface area contributed by atoms with Crippen LogP contribution in [0.1, 0.15) is 24.7 Å². The largest absolute Gasteiger partial charge is 0.454 e. The number of hydrogen-bond donors (Lipinski definition) is 1. The van der Waals surface area contributed by atoms with Crippen LogP contribution in [-0.4, -0.2) is 16.8 Å². The van der Waals surface area contributed by atoms with E-state index in [9.17, 15) is 0 Å². The van der Waals surface area contributed by atoms with Gasteiger partial charge < -0.3 is 14.8 Å². The fourth-order valence-electron chi connectivity index (χ4n) is 2.13. The summed E-state index contributed by atoms with van der Waals surface area (Å²) in [5.74, 6) is 3.06. The molecule has 1 aromatic heterocycles. The van der Waals surface area contributed by atoms with Crippen LogP contribution in [0.3, 0.4) is 0 Å². The van der Waals surface area contributed by atoms with E-state index >= 15 is 0 Å². The Bertz CT molecular complexity index is 649. The quantitative estimate of drug-likeness (QED) is 0.858. The fraction of sp³-hybridized carbons (Fsp3) is 0.333. The Morgan fingerprint density at radius 3 is 2.90 bits per heavy atom. The molecule has 110 valence electrons. The van der Waals surface area contributed by atoms with E-state index in [0.717, 1.165) is 41.5 Å².